The molecule has 2 atom stereocenters. The minimum atomic E-state index is -0.00104. The van der Waals surface area contributed by atoms with Crippen LogP contribution < -0.4 is 59.8 Å². The fourth-order valence-electron chi connectivity index (χ4n) is 8.31. The summed E-state index contributed by atoms with van der Waals surface area (Å²) in [6.45, 7) is 50.1. The van der Waals surface area contributed by atoms with Crippen LogP contribution >= 0.6 is 0 Å². The van der Waals surface area contributed by atoms with Gasteiger partial charge in [0.1, 0.15) is 0 Å². The van der Waals surface area contributed by atoms with Crippen molar-refractivity contribution >= 4 is 71.6 Å². The minimum absolute atomic E-state index is 0. The predicted molar refractivity (Wildman–Crippen MR) is 513 cm³/mol. The number of nitrogens with one attached hydrogen (secondary N) is 2. The second kappa shape index (κ2) is 78.7. The zero-order valence-corrected chi connectivity index (χ0v) is 85.9. The standard InChI is InChI=1S/6C9H13N2.2C8H11N2.3C7H9N2.C6H7N2.6Mn/c2*1-9(2,3)11-7-8-5-4-6-10-8;2*1-8(2)6-10-7-9-4-3-5-11-9;2*1-3-8(2)11-7-9-5-4-6-10-9;2*1-3-9-7(2)8-5-4-6-10-8;2*1-6(8-2)7-4-3-5-9-7;1-5-3-4-7(9-5)6(2)8;1-5(7)6-3-2-4-8-6;;;;;;/h2*4-7H,1-3H3;2*3-5,7-8H,6H2,1-2H3;2*4-8H,3H2,1-2H3;2*4-6H,3H2,1-2H3;2*3-5H,1-2H3;3-4,8H,1-2H3;2-4,7H,1H3;;;;;;/q12*-1;6*+2. The zero-order chi connectivity index (χ0) is 90.1. The van der Waals surface area contributed by atoms with Crippen LogP contribution in [0.4, 0.5) is 0 Å². The van der Waals surface area contributed by atoms with Crippen LogP contribution in [0.15, 0.2) is 264 Å². The van der Waals surface area contributed by atoms with Gasteiger partial charge in [0, 0.05) is 124 Å². The Morgan fingerprint density at radius 3 is 0.748 bits per heavy atom. The topological polar surface area (TPSA) is 341 Å². The first-order chi connectivity index (χ1) is 57.8. The molecule has 0 aliphatic rings. The van der Waals surface area contributed by atoms with Gasteiger partial charge in [-0.2, -0.15) is 73.9 Å². The van der Waals surface area contributed by atoms with Crippen molar-refractivity contribution in [3.8, 4) is 0 Å². The molecule has 30 heteroatoms. The van der Waals surface area contributed by atoms with E-state index < -0.39 is 0 Å². The smallest absolute Gasteiger partial charge is 0.663 e. The van der Waals surface area contributed by atoms with Gasteiger partial charge in [-0.3, -0.25) is 49.9 Å². The Bertz CT molecular complexity index is 4440. The van der Waals surface area contributed by atoms with Crippen molar-refractivity contribution in [2.75, 3.05) is 40.3 Å². The van der Waals surface area contributed by atoms with E-state index in [-0.39, 0.29) is 113 Å². The van der Waals surface area contributed by atoms with E-state index in [2.05, 4.69) is 207 Å². The first kappa shape index (κ1) is 128. The van der Waals surface area contributed by atoms with E-state index in [1.54, 1.807) is 109 Å². The second-order valence-electron chi connectivity index (χ2n) is 29.6. The SMILES string of the molecule is CC(=N)c1ccc(C)[n-]1.CC(=N)c1ccc[n-]1.CC(C)(C)N=Cc1ccc[n-]1.CC(C)(C)N=Cc1ccc[n-]1.CC(C)CN=Cc1ccc[n-]1.CC(C)CN=Cc1ccc[n-]1.CCC(C)N=Cc1ccc[n-]1.CCC(C)N=Cc1ccc[n-]1.CCN=C(C)c1ccc[n-]1.CCN=C(C)c1ccc[n-]1.CN=C(C)c1ccc[n-]1.CN=C(C)c1ccc[n-]1.[Mn+2].[Mn+2].[Mn+2].[Mn+2].[Mn+2].[Mn+2]. The molecule has 2 N–H and O–H groups in total. The predicted octanol–water partition coefficient (Wildman–Crippen LogP) is 18.3. The summed E-state index contributed by atoms with van der Waals surface area (Å²) < 4.78 is 0. The normalized spacial score (nSPS) is 11.5. The van der Waals surface area contributed by atoms with Crippen molar-refractivity contribution in [1.29, 1.82) is 10.8 Å². The van der Waals surface area contributed by atoms with Crippen LogP contribution in [-0.4, -0.2) is 135 Å². The molecule has 12 aromatic rings. The van der Waals surface area contributed by atoms with E-state index in [0.29, 0.717) is 35.3 Å². The van der Waals surface area contributed by atoms with Crippen LogP contribution in [0.2, 0.25) is 0 Å². The van der Waals surface area contributed by atoms with Gasteiger partial charge < -0.3 is 70.6 Å². The molecule has 12 rings (SSSR count). The summed E-state index contributed by atoms with van der Waals surface area (Å²) in [4.78, 5) is 90.8. The van der Waals surface area contributed by atoms with E-state index in [0.717, 1.165) is 136 Å². The molecule has 0 saturated carbocycles. The van der Waals surface area contributed by atoms with Crippen LogP contribution in [0.1, 0.15) is 239 Å². The molecule has 24 nitrogen and oxygen atoms in total. The van der Waals surface area contributed by atoms with Gasteiger partial charge >= 0.3 is 102 Å². The van der Waals surface area contributed by atoms with E-state index in [4.69, 9.17) is 10.8 Å². The van der Waals surface area contributed by atoms with Gasteiger partial charge in [0.05, 0.1) is 11.1 Å². The minimum Gasteiger partial charge on any atom is -0.663 e. The van der Waals surface area contributed by atoms with Crippen molar-refractivity contribution in [2.45, 2.75) is 195 Å². The number of aromatic nitrogens is 12. The molecular formula is C97H134Mn6N24. The molecule has 12 aromatic heterocycles. The average molecular weight is 1970 g/mol. The largest absolute Gasteiger partial charge is 2.00 e. The van der Waals surface area contributed by atoms with E-state index in [1.807, 2.05) is 219 Å². The molecule has 0 bridgehead atoms. The summed E-state index contributed by atoms with van der Waals surface area (Å²) in [6, 6.07) is 46.9. The number of nitrogens with zero attached hydrogens (tertiary/aromatic N) is 22. The monoisotopic (exact) mass is 1960 g/mol. The third kappa shape index (κ3) is 69.3. The average Bonchev–Trinajstić information content (AvgIpc) is 1.77. The number of rotatable bonds is 22. The summed E-state index contributed by atoms with van der Waals surface area (Å²) >= 11 is 0. The van der Waals surface area contributed by atoms with E-state index in [9.17, 15) is 0 Å². The maximum Gasteiger partial charge on any atom is 2.00 e. The first-order valence-electron chi connectivity index (χ1n) is 40.9. The molecule has 0 fully saturated rings. The van der Waals surface area contributed by atoms with E-state index >= 15 is 0 Å². The first-order valence-corrected chi connectivity index (χ1v) is 40.9. The summed E-state index contributed by atoms with van der Waals surface area (Å²) in [5.74, 6) is 1.25. The number of hydrogen-bond donors (Lipinski definition) is 2. The Labute approximate surface area is 822 Å². The second-order valence-corrected chi connectivity index (χ2v) is 29.6. The molecule has 12 heterocycles. The molecular weight excluding hydrogens is 1830 g/mol. The van der Waals surface area contributed by atoms with Crippen LogP contribution in [0.3, 0.4) is 0 Å². The molecule has 0 spiro atoms. The Balaban J connectivity index is -0.000000313. The summed E-state index contributed by atoms with van der Waals surface area (Å²) in [5, 5.41) is 14.3. The number of aryl methyl sites for hydroxylation is 1. The van der Waals surface area contributed by atoms with Gasteiger partial charge in [-0.1, -0.05) is 194 Å². The molecule has 0 aliphatic heterocycles. The zero-order valence-electron chi connectivity index (χ0n) is 78.8. The number of aliphatic imine (C=N–C) groups is 10. The molecule has 684 valence electrons. The fraction of sp³-hybridized carbons (Fsp3) is 0.381. The van der Waals surface area contributed by atoms with E-state index in [1.165, 1.54) is 0 Å². The third-order valence-corrected chi connectivity index (χ3v) is 15.4. The molecule has 0 amide bonds. The summed E-state index contributed by atoms with van der Waals surface area (Å²) in [6.07, 6.45) is 32.5. The van der Waals surface area contributed by atoms with Crippen molar-refractivity contribution in [1.82, 2.24) is 59.8 Å². The number of hydrogen-bond acceptors (Lipinski definition) is 12. The quantitative estimate of drug-likeness (QED) is 0.0472. The molecule has 0 aromatic carbocycles. The molecule has 0 saturated heterocycles. The van der Waals surface area contributed by atoms with Crippen molar-refractivity contribution in [3.05, 3.63) is 288 Å². The van der Waals surface area contributed by atoms with Gasteiger partial charge in [-0.15, -0.1) is 68.3 Å². The Morgan fingerprint density at radius 2 is 0.567 bits per heavy atom. The van der Waals surface area contributed by atoms with Gasteiger partial charge in [0.15, 0.2) is 0 Å². The van der Waals surface area contributed by atoms with Gasteiger partial charge in [0.25, 0.3) is 0 Å². The Kier molecular flexibility index (Phi) is 79.5. The van der Waals surface area contributed by atoms with Crippen molar-refractivity contribution < 1.29 is 102 Å². The van der Waals surface area contributed by atoms with Gasteiger partial charge in [-0.25, -0.2) is 0 Å². The summed E-state index contributed by atoms with van der Waals surface area (Å²) in [5.41, 5.74) is 17.2. The molecule has 6 radical (unpaired) electrons. The van der Waals surface area contributed by atoms with Crippen molar-refractivity contribution in [3.63, 3.8) is 0 Å². The maximum atomic E-state index is 7.19. The fourth-order valence-corrected chi connectivity index (χ4v) is 8.31. The van der Waals surface area contributed by atoms with Crippen LogP contribution in [0.5, 0.6) is 0 Å². The van der Waals surface area contributed by atoms with Crippen molar-refractivity contribution in [2.24, 2.45) is 61.8 Å². The Hall–Kier alpha value is -9.48. The maximum absolute atomic E-state index is 7.19. The Morgan fingerprint density at radius 1 is 0.323 bits per heavy atom. The molecule has 0 aliphatic carbocycles. The van der Waals surface area contributed by atoms with Crippen LogP contribution in [0, 0.1) is 29.6 Å². The third-order valence-electron chi connectivity index (χ3n) is 15.4. The van der Waals surface area contributed by atoms with Crippen LogP contribution in [-0.2, 0) is 102 Å². The summed E-state index contributed by atoms with van der Waals surface area (Å²) in [7, 11) is 3.54. The van der Waals surface area contributed by atoms with Gasteiger partial charge in [0.2, 0.25) is 0 Å². The molecule has 127 heavy (non-hydrogen) atoms. The molecule has 2 unspecified atom stereocenters. The van der Waals surface area contributed by atoms with Crippen LogP contribution in [0.25, 0.3) is 0 Å². The van der Waals surface area contributed by atoms with Gasteiger partial charge in [-0.05, 0) is 135 Å².